The molecule has 2 rings (SSSR count). The summed E-state index contributed by atoms with van der Waals surface area (Å²) in [5.41, 5.74) is -1.77. The van der Waals surface area contributed by atoms with Crippen LogP contribution in [0.15, 0.2) is 18.2 Å². The third-order valence-corrected chi connectivity index (χ3v) is 4.78. The molecule has 0 radical (unpaired) electrons. The first-order chi connectivity index (χ1) is 14.5. The molecule has 1 fully saturated rings. The van der Waals surface area contributed by atoms with Crippen molar-refractivity contribution in [3.8, 4) is 5.75 Å². The molecule has 2 atom stereocenters. The minimum Gasteiger partial charge on any atom is -0.488 e. The van der Waals surface area contributed by atoms with E-state index in [1.54, 1.807) is 41.5 Å². The van der Waals surface area contributed by atoms with Crippen molar-refractivity contribution in [3.63, 3.8) is 0 Å². The molecule has 9 heteroatoms. The summed E-state index contributed by atoms with van der Waals surface area (Å²) in [5.74, 6) is -0.313. The number of alkyl halides is 3. The van der Waals surface area contributed by atoms with Crippen LogP contribution in [-0.2, 0) is 22.3 Å². The highest BCUT2D eigenvalue weighted by atomic mass is 19.4. The van der Waals surface area contributed by atoms with Crippen molar-refractivity contribution in [3.05, 3.63) is 29.3 Å². The molecule has 1 aromatic carbocycles. The van der Waals surface area contributed by atoms with Crippen LogP contribution < -0.4 is 15.4 Å². The van der Waals surface area contributed by atoms with E-state index in [4.69, 9.17) is 9.47 Å². The van der Waals surface area contributed by atoms with Crippen molar-refractivity contribution < 1.29 is 32.2 Å². The first kappa shape index (κ1) is 25.8. The zero-order valence-electron chi connectivity index (χ0n) is 19.5. The fraction of sp³-hybridized carbons (Fsp3) is 0.652. The van der Waals surface area contributed by atoms with Crippen molar-refractivity contribution in [1.82, 2.24) is 10.6 Å². The number of amides is 2. The van der Waals surface area contributed by atoms with Gasteiger partial charge in [0.05, 0.1) is 5.56 Å². The molecule has 0 saturated heterocycles. The predicted molar refractivity (Wildman–Crippen MR) is 114 cm³/mol. The van der Waals surface area contributed by atoms with Gasteiger partial charge < -0.3 is 20.1 Å². The van der Waals surface area contributed by atoms with Gasteiger partial charge in [-0.3, -0.25) is 4.79 Å². The molecule has 1 aliphatic carbocycles. The molecular weight excluding hydrogens is 425 g/mol. The maximum absolute atomic E-state index is 13.2. The Morgan fingerprint density at radius 1 is 1.03 bits per heavy atom. The Bertz CT molecular complexity index is 826. The lowest BCUT2D eigenvalue weighted by Crippen LogP contribution is -2.38. The minimum atomic E-state index is -4.50. The lowest BCUT2D eigenvalue weighted by atomic mass is 10.1. The molecule has 0 heterocycles. The highest BCUT2D eigenvalue weighted by Gasteiger charge is 2.33. The highest BCUT2D eigenvalue weighted by molar-refractivity contribution is 5.79. The van der Waals surface area contributed by atoms with Crippen molar-refractivity contribution in [2.75, 3.05) is 0 Å². The summed E-state index contributed by atoms with van der Waals surface area (Å²) in [6, 6.07) is 3.07. The third-order valence-electron chi connectivity index (χ3n) is 4.78. The average Bonchev–Trinajstić information content (AvgIpc) is 3.05. The van der Waals surface area contributed by atoms with E-state index in [1.165, 1.54) is 6.07 Å². The largest absolute Gasteiger partial charge is 0.488 e. The Hall–Kier alpha value is -2.45. The number of carbonyl (C=O) groups excluding carboxylic acids is 2. The van der Waals surface area contributed by atoms with E-state index in [2.05, 4.69) is 10.6 Å². The van der Waals surface area contributed by atoms with E-state index >= 15 is 0 Å². The van der Waals surface area contributed by atoms with Crippen LogP contribution in [0.2, 0.25) is 0 Å². The first-order valence-electron chi connectivity index (χ1n) is 10.7. The van der Waals surface area contributed by atoms with Gasteiger partial charge in [0, 0.05) is 24.1 Å². The van der Waals surface area contributed by atoms with E-state index in [0.717, 1.165) is 12.1 Å². The van der Waals surface area contributed by atoms with Crippen LogP contribution in [-0.4, -0.2) is 29.2 Å². The SMILES string of the molecule is CC(C)(C)OC(=O)NC1CCC(C(=O)NCc2cc(C(F)(F)F)ccc2OC(C)(C)C)C1. The standard InChI is InChI=1S/C23H33F3N2O4/c1-21(2,3)31-18-10-8-16(23(24,25)26)11-15(18)13-27-19(29)14-7-9-17(12-14)28-20(30)32-22(4,5)6/h8,10-11,14,17H,7,9,12-13H2,1-6H3,(H,27,29)(H,28,30). The van der Waals surface area contributed by atoms with Crippen LogP contribution in [0.4, 0.5) is 18.0 Å². The molecule has 1 aromatic rings. The van der Waals surface area contributed by atoms with Crippen LogP contribution >= 0.6 is 0 Å². The number of benzene rings is 1. The number of ether oxygens (including phenoxy) is 2. The Kier molecular flexibility index (Phi) is 7.73. The quantitative estimate of drug-likeness (QED) is 0.637. The maximum Gasteiger partial charge on any atom is 0.416 e. The van der Waals surface area contributed by atoms with Crippen molar-refractivity contribution >= 4 is 12.0 Å². The number of hydrogen-bond acceptors (Lipinski definition) is 4. The zero-order valence-corrected chi connectivity index (χ0v) is 19.5. The van der Waals surface area contributed by atoms with Gasteiger partial charge in [0.15, 0.2) is 0 Å². The Morgan fingerprint density at radius 2 is 1.69 bits per heavy atom. The number of carbonyl (C=O) groups is 2. The van der Waals surface area contributed by atoms with Crippen LogP contribution in [0.25, 0.3) is 0 Å². The molecule has 0 aromatic heterocycles. The van der Waals surface area contributed by atoms with Crippen LogP contribution in [0.5, 0.6) is 5.75 Å². The number of nitrogens with one attached hydrogen (secondary N) is 2. The second-order valence-electron chi connectivity index (χ2n) is 10.1. The average molecular weight is 459 g/mol. The molecule has 2 N–H and O–H groups in total. The summed E-state index contributed by atoms with van der Waals surface area (Å²) < 4.78 is 50.5. The van der Waals surface area contributed by atoms with Crippen molar-refractivity contribution in [2.24, 2.45) is 5.92 Å². The molecule has 32 heavy (non-hydrogen) atoms. The maximum atomic E-state index is 13.2. The summed E-state index contributed by atoms with van der Waals surface area (Å²) in [7, 11) is 0. The lowest BCUT2D eigenvalue weighted by Gasteiger charge is -2.24. The van der Waals surface area contributed by atoms with Crippen molar-refractivity contribution in [2.45, 2.75) is 90.8 Å². The molecule has 2 unspecified atom stereocenters. The molecule has 180 valence electrons. The molecule has 1 aliphatic rings. The fourth-order valence-corrected chi connectivity index (χ4v) is 3.48. The van der Waals surface area contributed by atoms with Gasteiger partial charge in [-0.2, -0.15) is 13.2 Å². The summed E-state index contributed by atoms with van der Waals surface area (Å²) in [6.07, 6.45) is -3.39. The van der Waals surface area contributed by atoms with E-state index < -0.39 is 29.0 Å². The van der Waals surface area contributed by atoms with Gasteiger partial charge in [0.2, 0.25) is 5.91 Å². The van der Waals surface area contributed by atoms with Gasteiger partial charge in [0.25, 0.3) is 0 Å². The van der Waals surface area contributed by atoms with Gasteiger partial charge in [-0.15, -0.1) is 0 Å². The molecule has 0 bridgehead atoms. The summed E-state index contributed by atoms with van der Waals surface area (Å²) in [5, 5.41) is 5.49. The Balaban J connectivity index is 2.00. The molecule has 1 saturated carbocycles. The van der Waals surface area contributed by atoms with Crippen LogP contribution in [0, 0.1) is 5.92 Å². The smallest absolute Gasteiger partial charge is 0.416 e. The zero-order chi connectivity index (χ0) is 24.3. The van der Waals surface area contributed by atoms with Gasteiger partial charge >= 0.3 is 12.3 Å². The number of rotatable bonds is 5. The van der Waals surface area contributed by atoms with E-state index in [9.17, 15) is 22.8 Å². The summed E-state index contributed by atoms with van der Waals surface area (Å²) >= 11 is 0. The molecule has 0 aliphatic heterocycles. The van der Waals surface area contributed by atoms with Crippen LogP contribution in [0.1, 0.15) is 71.9 Å². The molecule has 2 amide bonds. The second-order valence-corrected chi connectivity index (χ2v) is 10.1. The second kappa shape index (κ2) is 9.58. The highest BCUT2D eigenvalue weighted by Crippen LogP contribution is 2.34. The molecule has 0 spiro atoms. The van der Waals surface area contributed by atoms with Gasteiger partial charge in [0.1, 0.15) is 17.0 Å². The lowest BCUT2D eigenvalue weighted by molar-refractivity contribution is -0.137. The molecular formula is C23H33F3N2O4. The Labute approximate surface area is 187 Å². The number of halogens is 3. The number of hydrogen-bond donors (Lipinski definition) is 2. The normalized spacial score (nSPS) is 19.4. The van der Waals surface area contributed by atoms with E-state index in [0.29, 0.717) is 25.0 Å². The van der Waals surface area contributed by atoms with Crippen LogP contribution in [0.3, 0.4) is 0 Å². The van der Waals surface area contributed by atoms with Gasteiger partial charge in [-0.1, -0.05) is 0 Å². The number of alkyl carbamates (subject to hydrolysis) is 1. The third kappa shape index (κ3) is 8.24. The van der Waals surface area contributed by atoms with E-state index in [-0.39, 0.29) is 30.0 Å². The molecule has 6 nitrogen and oxygen atoms in total. The van der Waals surface area contributed by atoms with E-state index in [1.807, 2.05) is 0 Å². The van der Waals surface area contributed by atoms with Gasteiger partial charge in [-0.25, -0.2) is 4.79 Å². The topological polar surface area (TPSA) is 76.7 Å². The minimum absolute atomic E-state index is 0.0885. The monoisotopic (exact) mass is 458 g/mol. The van der Waals surface area contributed by atoms with Gasteiger partial charge in [-0.05, 0) is 79.0 Å². The predicted octanol–water partition coefficient (Wildman–Crippen LogP) is 5.19. The summed E-state index contributed by atoms with van der Waals surface area (Å²) in [6.45, 7) is 10.6. The Morgan fingerprint density at radius 3 is 2.25 bits per heavy atom. The fourth-order valence-electron chi connectivity index (χ4n) is 3.48. The van der Waals surface area contributed by atoms with Crippen molar-refractivity contribution in [1.29, 1.82) is 0 Å². The first-order valence-corrected chi connectivity index (χ1v) is 10.7. The summed E-state index contributed by atoms with van der Waals surface area (Å²) in [4.78, 5) is 24.6.